The van der Waals surface area contributed by atoms with E-state index in [1.807, 2.05) is 44.4 Å². The van der Waals surface area contributed by atoms with Gasteiger partial charge in [0.1, 0.15) is 5.75 Å². The summed E-state index contributed by atoms with van der Waals surface area (Å²) in [6.07, 6.45) is 6.05. The zero-order valence-corrected chi connectivity index (χ0v) is 21.5. The lowest BCUT2D eigenvalue weighted by molar-refractivity contribution is -0.158. The zero-order valence-electron chi connectivity index (χ0n) is 20.7. The van der Waals surface area contributed by atoms with E-state index in [2.05, 4.69) is 12.1 Å². The molecule has 2 aromatic rings. The number of benzene rings is 2. The summed E-state index contributed by atoms with van der Waals surface area (Å²) in [5.74, 6) is 1.05. The summed E-state index contributed by atoms with van der Waals surface area (Å²) in [6, 6.07) is 12.3. The average Bonchev–Trinajstić information content (AvgIpc) is 3.24. The van der Waals surface area contributed by atoms with Gasteiger partial charge in [0.25, 0.3) is 0 Å². The Bertz CT molecular complexity index is 970. The summed E-state index contributed by atoms with van der Waals surface area (Å²) in [5.41, 5.74) is 2.98. The Balaban J connectivity index is 1.74. The van der Waals surface area contributed by atoms with Gasteiger partial charge in [-0.2, -0.15) is 0 Å². The third-order valence-corrected chi connectivity index (χ3v) is 7.26. The fraction of sp³-hybridized carbons (Fsp3) is 0.500. The molecule has 3 rings (SSSR count). The minimum atomic E-state index is -1.05. The minimum Gasteiger partial charge on any atom is -0.476 e. The molecule has 4 nitrogen and oxygen atoms in total. The number of thioether (sulfide) groups is 1. The Kier molecular flexibility index (Phi) is 8.28. The lowest BCUT2D eigenvalue weighted by Gasteiger charge is -2.27. The van der Waals surface area contributed by atoms with Gasteiger partial charge in [0, 0.05) is 16.4 Å². The van der Waals surface area contributed by atoms with Crippen molar-refractivity contribution in [2.75, 3.05) is 12.9 Å². The number of hydrogen-bond donors (Lipinski definition) is 0. The van der Waals surface area contributed by atoms with Crippen LogP contribution < -0.4 is 4.74 Å². The van der Waals surface area contributed by atoms with E-state index in [0.29, 0.717) is 12.5 Å². The fourth-order valence-electron chi connectivity index (χ4n) is 4.82. The SMILES string of the molecule is CCOC(=O)C(C)(C)Oc1c(C)cc(C[C@H]2CCC[C@@H]2C(=O)c2ccc(SC)cc2)cc1C. The first-order valence-electron chi connectivity index (χ1n) is 11.8. The molecule has 0 spiro atoms. The van der Waals surface area contributed by atoms with Crippen LogP contribution in [0.15, 0.2) is 41.3 Å². The predicted molar refractivity (Wildman–Crippen MR) is 134 cm³/mol. The van der Waals surface area contributed by atoms with Gasteiger partial charge in [0.05, 0.1) is 6.61 Å². The standard InChI is InChI=1S/C28H36O4S/c1-7-31-27(30)28(4,5)32-26-18(2)15-20(16-19(26)3)17-22-9-8-10-24(22)25(29)21-11-13-23(33-6)14-12-21/h11-16,22,24H,7-10,17H2,1-6H3/t22-,24+/m1/s1. The Labute approximate surface area is 202 Å². The first-order chi connectivity index (χ1) is 15.7. The van der Waals surface area contributed by atoms with Crippen molar-refractivity contribution < 1.29 is 19.1 Å². The van der Waals surface area contributed by atoms with E-state index < -0.39 is 5.60 Å². The number of Topliss-reactive ketones (excluding diaryl/α,β-unsaturated/α-hetero) is 1. The van der Waals surface area contributed by atoms with Crippen LogP contribution >= 0.6 is 11.8 Å². The summed E-state index contributed by atoms with van der Waals surface area (Å²) in [6.45, 7) is 9.61. The molecule has 5 heteroatoms. The summed E-state index contributed by atoms with van der Waals surface area (Å²) in [5, 5.41) is 0. The van der Waals surface area contributed by atoms with Gasteiger partial charge in [0.2, 0.25) is 0 Å². The van der Waals surface area contributed by atoms with E-state index in [4.69, 9.17) is 9.47 Å². The molecule has 178 valence electrons. The second-order valence-electron chi connectivity index (χ2n) is 9.49. The minimum absolute atomic E-state index is 0.0735. The molecule has 1 saturated carbocycles. The zero-order chi connectivity index (χ0) is 24.2. The number of aryl methyl sites for hydroxylation is 2. The molecule has 1 fully saturated rings. The molecule has 0 radical (unpaired) electrons. The Morgan fingerprint density at radius 3 is 2.27 bits per heavy atom. The lowest BCUT2D eigenvalue weighted by atomic mass is 9.84. The second kappa shape index (κ2) is 10.8. The Hall–Kier alpha value is -2.27. The van der Waals surface area contributed by atoms with E-state index in [1.165, 1.54) is 10.5 Å². The third kappa shape index (κ3) is 6.00. The molecule has 0 N–H and O–H groups in total. The molecule has 0 amide bonds. The Morgan fingerprint density at radius 2 is 1.70 bits per heavy atom. The van der Waals surface area contributed by atoms with Gasteiger partial charge in [0.15, 0.2) is 11.4 Å². The van der Waals surface area contributed by atoms with Crippen molar-refractivity contribution >= 4 is 23.5 Å². The molecule has 0 bridgehead atoms. The van der Waals surface area contributed by atoms with E-state index in [1.54, 1.807) is 32.5 Å². The summed E-state index contributed by atoms with van der Waals surface area (Å²) in [7, 11) is 0. The first-order valence-corrected chi connectivity index (χ1v) is 13.0. The van der Waals surface area contributed by atoms with E-state index in [-0.39, 0.29) is 17.7 Å². The van der Waals surface area contributed by atoms with Crippen molar-refractivity contribution in [3.63, 3.8) is 0 Å². The topological polar surface area (TPSA) is 52.6 Å². The Morgan fingerprint density at radius 1 is 1.06 bits per heavy atom. The van der Waals surface area contributed by atoms with Crippen LogP contribution in [0.3, 0.4) is 0 Å². The van der Waals surface area contributed by atoms with Crippen LogP contribution in [0.4, 0.5) is 0 Å². The van der Waals surface area contributed by atoms with Crippen LogP contribution in [-0.4, -0.2) is 30.2 Å². The first kappa shape index (κ1) is 25.4. The van der Waals surface area contributed by atoms with Crippen molar-refractivity contribution in [3.8, 4) is 5.75 Å². The van der Waals surface area contributed by atoms with Crippen molar-refractivity contribution in [2.45, 2.75) is 70.8 Å². The van der Waals surface area contributed by atoms with Crippen molar-refractivity contribution in [3.05, 3.63) is 58.7 Å². The van der Waals surface area contributed by atoms with Gasteiger partial charge in [-0.3, -0.25) is 4.79 Å². The van der Waals surface area contributed by atoms with E-state index in [9.17, 15) is 9.59 Å². The smallest absolute Gasteiger partial charge is 0.349 e. The van der Waals surface area contributed by atoms with E-state index >= 15 is 0 Å². The van der Waals surface area contributed by atoms with Crippen LogP contribution in [0.25, 0.3) is 0 Å². The lowest BCUT2D eigenvalue weighted by Crippen LogP contribution is -2.40. The quantitative estimate of drug-likeness (QED) is 0.236. The van der Waals surface area contributed by atoms with Gasteiger partial charge in [-0.1, -0.05) is 30.7 Å². The number of carbonyl (C=O) groups excluding carboxylic acids is 2. The number of ether oxygens (including phenoxy) is 2. The van der Waals surface area contributed by atoms with Crippen molar-refractivity contribution in [1.29, 1.82) is 0 Å². The highest BCUT2D eigenvalue weighted by atomic mass is 32.2. The molecule has 33 heavy (non-hydrogen) atoms. The second-order valence-corrected chi connectivity index (χ2v) is 10.4. The van der Waals surface area contributed by atoms with Gasteiger partial charge in [-0.25, -0.2) is 4.79 Å². The molecular formula is C28H36O4S. The summed E-state index contributed by atoms with van der Waals surface area (Å²) < 4.78 is 11.3. The van der Waals surface area contributed by atoms with Gasteiger partial charge < -0.3 is 9.47 Å². The van der Waals surface area contributed by atoms with Crippen LogP contribution in [0.1, 0.15) is 67.1 Å². The number of ketones is 1. The molecule has 1 aliphatic rings. The highest BCUT2D eigenvalue weighted by Gasteiger charge is 2.35. The molecule has 0 aromatic heterocycles. The maximum absolute atomic E-state index is 13.2. The molecule has 0 saturated heterocycles. The van der Waals surface area contributed by atoms with Crippen LogP contribution in [0.2, 0.25) is 0 Å². The predicted octanol–water partition coefficient (Wildman–Crippen LogP) is 6.59. The van der Waals surface area contributed by atoms with Gasteiger partial charge >= 0.3 is 5.97 Å². The summed E-state index contributed by atoms with van der Waals surface area (Å²) >= 11 is 1.69. The van der Waals surface area contributed by atoms with Gasteiger partial charge in [-0.15, -0.1) is 11.8 Å². The maximum Gasteiger partial charge on any atom is 0.349 e. The van der Waals surface area contributed by atoms with Crippen molar-refractivity contribution in [1.82, 2.24) is 0 Å². The molecule has 0 heterocycles. The third-order valence-electron chi connectivity index (χ3n) is 6.51. The number of hydrogen-bond acceptors (Lipinski definition) is 5. The van der Waals surface area contributed by atoms with Crippen molar-refractivity contribution in [2.24, 2.45) is 11.8 Å². The monoisotopic (exact) mass is 468 g/mol. The molecule has 0 aliphatic heterocycles. The maximum atomic E-state index is 13.2. The fourth-order valence-corrected chi connectivity index (χ4v) is 5.23. The highest BCUT2D eigenvalue weighted by Crippen LogP contribution is 2.38. The average molecular weight is 469 g/mol. The molecule has 1 aliphatic carbocycles. The number of carbonyl (C=O) groups is 2. The molecular weight excluding hydrogens is 432 g/mol. The molecule has 2 atom stereocenters. The number of esters is 1. The van der Waals surface area contributed by atoms with Gasteiger partial charge in [-0.05, 0) is 94.9 Å². The normalized spacial score (nSPS) is 18.2. The molecule has 2 aromatic carbocycles. The largest absolute Gasteiger partial charge is 0.476 e. The highest BCUT2D eigenvalue weighted by molar-refractivity contribution is 7.98. The van der Waals surface area contributed by atoms with Crippen LogP contribution in [0.5, 0.6) is 5.75 Å². The van der Waals surface area contributed by atoms with Crippen LogP contribution in [-0.2, 0) is 16.0 Å². The summed E-state index contributed by atoms with van der Waals surface area (Å²) in [4.78, 5) is 26.7. The van der Waals surface area contributed by atoms with E-state index in [0.717, 1.165) is 48.1 Å². The number of rotatable bonds is 9. The molecule has 0 unspecified atom stereocenters. The van der Waals surface area contributed by atoms with Crippen LogP contribution in [0, 0.1) is 25.7 Å².